The van der Waals surface area contributed by atoms with Crippen LogP contribution < -0.4 is 5.32 Å². The number of nitrogens with zero attached hydrogens (tertiary/aromatic N) is 3. The van der Waals surface area contributed by atoms with Gasteiger partial charge in [0.15, 0.2) is 5.16 Å². The second-order valence-corrected chi connectivity index (χ2v) is 9.82. The smallest absolute Gasteiger partial charge is 0.338 e. The average molecular weight is 537 g/mol. The summed E-state index contributed by atoms with van der Waals surface area (Å²) in [5.74, 6) is -1.42. The Hall–Kier alpha value is -3.69. The van der Waals surface area contributed by atoms with E-state index >= 15 is 0 Å². The number of anilines is 1. The van der Waals surface area contributed by atoms with Crippen LogP contribution in [0.25, 0.3) is 0 Å². The standard InChI is InChI=1S/C27H25ClN4O4S/c1-4-12-36-26(35)19-6-5-7-21(14-19)31-22-23(37-27-29-16(2)13-17(3)30-27)25(34)32(24(22)33)15-18-8-10-20(28)11-9-18/h5-11,13-14,31H,4,12,15H2,1-3H3. The Bertz CT molecular complexity index is 1370. The van der Waals surface area contributed by atoms with Gasteiger partial charge in [-0.25, -0.2) is 14.8 Å². The van der Waals surface area contributed by atoms with E-state index in [9.17, 15) is 14.4 Å². The lowest BCUT2D eigenvalue weighted by Gasteiger charge is -2.15. The van der Waals surface area contributed by atoms with Gasteiger partial charge in [-0.05, 0) is 74.0 Å². The average Bonchev–Trinajstić information content (AvgIpc) is 3.07. The van der Waals surface area contributed by atoms with Gasteiger partial charge in [-0.1, -0.05) is 36.7 Å². The lowest BCUT2D eigenvalue weighted by atomic mass is 10.2. The number of imide groups is 1. The van der Waals surface area contributed by atoms with Crippen molar-refractivity contribution in [1.82, 2.24) is 14.9 Å². The number of carbonyl (C=O) groups excluding carboxylic acids is 3. The third kappa shape index (κ3) is 6.36. The first-order valence-electron chi connectivity index (χ1n) is 11.6. The fourth-order valence-corrected chi connectivity index (χ4v) is 4.78. The maximum Gasteiger partial charge on any atom is 0.338 e. The molecule has 0 saturated heterocycles. The van der Waals surface area contributed by atoms with Gasteiger partial charge < -0.3 is 10.1 Å². The molecule has 0 bridgehead atoms. The van der Waals surface area contributed by atoms with Crippen LogP contribution in [0.15, 0.2) is 70.4 Å². The van der Waals surface area contributed by atoms with Crippen molar-refractivity contribution >= 4 is 46.8 Å². The van der Waals surface area contributed by atoms with Crippen LogP contribution in [0.3, 0.4) is 0 Å². The van der Waals surface area contributed by atoms with Crippen molar-refractivity contribution in [3.63, 3.8) is 0 Å². The van der Waals surface area contributed by atoms with Gasteiger partial charge in [-0.3, -0.25) is 14.5 Å². The monoisotopic (exact) mass is 536 g/mol. The number of aromatic nitrogens is 2. The molecule has 2 amide bonds. The normalized spacial score (nSPS) is 13.4. The number of hydrogen-bond acceptors (Lipinski definition) is 8. The Morgan fingerprint density at radius 2 is 1.73 bits per heavy atom. The molecule has 0 atom stereocenters. The minimum absolute atomic E-state index is 0.0706. The van der Waals surface area contributed by atoms with Crippen molar-refractivity contribution in [2.24, 2.45) is 0 Å². The van der Waals surface area contributed by atoms with E-state index in [1.54, 1.807) is 48.5 Å². The number of benzene rings is 2. The van der Waals surface area contributed by atoms with E-state index < -0.39 is 17.8 Å². The van der Waals surface area contributed by atoms with Gasteiger partial charge in [-0.15, -0.1) is 0 Å². The Balaban J connectivity index is 1.67. The zero-order valence-corrected chi connectivity index (χ0v) is 22.2. The van der Waals surface area contributed by atoms with Crippen LogP contribution in [-0.2, 0) is 20.9 Å². The molecule has 37 heavy (non-hydrogen) atoms. The summed E-state index contributed by atoms with van der Waals surface area (Å²) in [5.41, 5.74) is 3.14. The first-order valence-corrected chi connectivity index (χ1v) is 12.8. The topological polar surface area (TPSA) is 101 Å². The molecular formula is C27H25ClN4O4S. The van der Waals surface area contributed by atoms with Crippen LogP contribution in [0.4, 0.5) is 5.69 Å². The summed E-state index contributed by atoms with van der Waals surface area (Å²) in [5, 5.41) is 3.98. The molecule has 0 saturated carbocycles. The Labute approximate surface area is 224 Å². The van der Waals surface area contributed by atoms with Gasteiger partial charge in [0.1, 0.15) is 10.6 Å². The highest BCUT2D eigenvalue weighted by Gasteiger charge is 2.39. The number of ether oxygens (including phenoxy) is 1. The quantitative estimate of drug-likeness (QED) is 0.223. The van der Waals surface area contributed by atoms with E-state index in [1.807, 2.05) is 26.8 Å². The van der Waals surface area contributed by atoms with Crippen LogP contribution in [0.5, 0.6) is 0 Å². The highest BCUT2D eigenvalue weighted by Crippen LogP contribution is 2.35. The summed E-state index contributed by atoms with van der Waals surface area (Å²) < 4.78 is 5.22. The molecule has 3 aromatic rings. The molecule has 0 unspecified atom stereocenters. The maximum atomic E-state index is 13.5. The number of amides is 2. The van der Waals surface area contributed by atoms with Crippen LogP contribution in [0, 0.1) is 13.8 Å². The van der Waals surface area contributed by atoms with Gasteiger partial charge in [0.25, 0.3) is 11.8 Å². The molecular weight excluding hydrogens is 512 g/mol. The zero-order valence-electron chi connectivity index (χ0n) is 20.6. The molecule has 4 rings (SSSR count). The zero-order chi connectivity index (χ0) is 26.5. The molecule has 190 valence electrons. The lowest BCUT2D eigenvalue weighted by molar-refractivity contribution is -0.137. The van der Waals surface area contributed by atoms with Crippen LogP contribution >= 0.6 is 23.4 Å². The molecule has 0 fully saturated rings. The van der Waals surface area contributed by atoms with Crippen molar-refractivity contribution in [2.75, 3.05) is 11.9 Å². The highest BCUT2D eigenvalue weighted by molar-refractivity contribution is 8.04. The first-order chi connectivity index (χ1) is 17.7. The first kappa shape index (κ1) is 26.4. The van der Waals surface area contributed by atoms with Crippen molar-refractivity contribution in [2.45, 2.75) is 38.9 Å². The summed E-state index contributed by atoms with van der Waals surface area (Å²) in [6.45, 7) is 5.97. The number of esters is 1. The van der Waals surface area contributed by atoms with E-state index in [0.29, 0.717) is 34.5 Å². The van der Waals surface area contributed by atoms with Crippen molar-refractivity contribution in [3.05, 3.63) is 92.7 Å². The maximum absolute atomic E-state index is 13.5. The number of carbonyl (C=O) groups is 3. The number of hydrogen-bond donors (Lipinski definition) is 1. The molecule has 8 nitrogen and oxygen atoms in total. The fraction of sp³-hybridized carbons (Fsp3) is 0.222. The number of nitrogens with one attached hydrogen (secondary N) is 1. The number of rotatable bonds is 9. The summed E-state index contributed by atoms with van der Waals surface area (Å²) in [6, 6.07) is 15.4. The fourth-order valence-electron chi connectivity index (χ4n) is 3.65. The molecule has 1 aromatic heterocycles. The van der Waals surface area contributed by atoms with E-state index in [2.05, 4.69) is 15.3 Å². The summed E-state index contributed by atoms with van der Waals surface area (Å²) in [6.07, 6.45) is 0.706. The molecule has 10 heteroatoms. The van der Waals surface area contributed by atoms with Gasteiger partial charge in [-0.2, -0.15) is 0 Å². The largest absolute Gasteiger partial charge is 0.462 e. The molecule has 1 aliphatic heterocycles. The van der Waals surface area contributed by atoms with Gasteiger partial charge in [0.05, 0.1) is 18.7 Å². The summed E-state index contributed by atoms with van der Waals surface area (Å²) in [7, 11) is 0. The van der Waals surface area contributed by atoms with E-state index in [1.165, 1.54) is 0 Å². The Morgan fingerprint density at radius 3 is 2.41 bits per heavy atom. The second kappa shape index (κ2) is 11.6. The second-order valence-electron chi connectivity index (χ2n) is 8.40. The van der Waals surface area contributed by atoms with Crippen molar-refractivity contribution < 1.29 is 19.1 Å². The highest BCUT2D eigenvalue weighted by atomic mass is 35.5. The van der Waals surface area contributed by atoms with Crippen LogP contribution in [0.1, 0.15) is 40.7 Å². The molecule has 2 heterocycles. The summed E-state index contributed by atoms with van der Waals surface area (Å²) >= 11 is 7.01. The molecule has 0 spiro atoms. The van der Waals surface area contributed by atoms with E-state index in [-0.39, 0.29) is 17.1 Å². The van der Waals surface area contributed by atoms with Crippen molar-refractivity contribution in [3.8, 4) is 0 Å². The number of aryl methyl sites for hydroxylation is 2. The van der Waals surface area contributed by atoms with Crippen LogP contribution in [-0.4, -0.2) is 39.3 Å². The SMILES string of the molecule is CCCOC(=O)c1cccc(NC2=C(Sc3nc(C)cc(C)n3)C(=O)N(Cc3ccc(Cl)cc3)C2=O)c1. The predicted molar refractivity (Wildman–Crippen MR) is 142 cm³/mol. The third-order valence-corrected chi connectivity index (χ3v) is 6.54. The summed E-state index contributed by atoms with van der Waals surface area (Å²) in [4.78, 5) is 49.5. The van der Waals surface area contributed by atoms with Gasteiger partial charge in [0, 0.05) is 22.1 Å². The van der Waals surface area contributed by atoms with E-state index in [0.717, 1.165) is 33.6 Å². The molecule has 0 aliphatic carbocycles. The Kier molecular flexibility index (Phi) is 8.25. The number of thioether (sulfide) groups is 1. The molecule has 1 N–H and O–H groups in total. The molecule has 0 radical (unpaired) electrons. The van der Waals surface area contributed by atoms with Crippen LogP contribution in [0.2, 0.25) is 5.02 Å². The molecule has 1 aliphatic rings. The van der Waals surface area contributed by atoms with Crippen molar-refractivity contribution in [1.29, 1.82) is 0 Å². The van der Waals surface area contributed by atoms with E-state index in [4.69, 9.17) is 16.3 Å². The van der Waals surface area contributed by atoms with Gasteiger partial charge in [0.2, 0.25) is 0 Å². The minimum atomic E-state index is -0.495. The van der Waals surface area contributed by atoms with Gasteiger partial charge >= 0.3 is 5.97 Å². The predicted octanol–water partition coefficient (Wildman–Crippen LogP) is 5.30. The molecule has 2 aromatic carbocycles. The lowest BCUT2D eigenvalue weighted by Crippen LogP contribution is -2.31. The third-order valence-electron chi connectivity index (χ3n) is 5.34. The minimum Gasteiger partial charge on any atom is -0.462 e. The Morgan fingerprint density at radius 1 is 1.03 bits per heavy atom. The number of halogens is 1.